The van der Waals surface area contributed by atoms with Gasteiger partial charge < -0.3 is 9.47 Å². The van der Waals surface area contributed by atoms with Gasteiger partial charge in [0.1, 0.15) is 17.6 Å². The predicted octanol–water partition coefficient (Wildman–Crippen LogP) is 2.82. The number of amides is 1. The van der Waals surface area contributed by atoms with Gasteiger partial charge in [-0.25, -0.2) is 5.43 Å². The Morgan fingerprint density at radius 3 is 2.60 bits per heavy atom. The fourth-order valence-electron chi connectivity index (χ4n) is 2.01. The summed E-state index contributed by atoms with van der Waals surface area (Å²) < 4.78 is 10.6. The number of aryl methyl sites for hydroxylation is 1. The van der Waals surface area contributed by atoms with Crippen LogP contribution in [0.2, 0.25) is 0 Å². The second-order valence-electron chi connectivity index (χ2n) is 5.31. The van der Waals surface area contributed by atoms with Crippen molar-refractivity contribution < 1.29 is 14.3 Å². The number of hydrogen-bond donors (Lipinski definition) is 1. The molecule has 0 unspecified atom stereocenters. The SMILES string of the molecule is C/C(=N/NC(=O)COc1cccc(C)c1)c1ccc(OCC#N)cc1. The summed E-state index contributed by atoms with van der Waals surface area (Å²) in [7, 11) is 0. The highest BCUT2D eigenvalue weighted by Crippen LogP contribution is 2.13. The monoisotopic (exact) mass is 337 g/mol. The zero-order valence-corrected chi connectivity index (χ0v) is 14.2. The first-order valence-corrected chi connectivity index (χ1v) is 7.71. The van der Waals surface area contributed by atoms with Crippen molar-refractivity contribution in [2.24, 2.45) is 5.10 Å². The van der Waals surface area contributed by atoms with Gasteiger partial charge in [0.15, 0.2) is 13.2 Å². The quantitative estimate of drug-likeness (QED) is 0.622. The molecule has 6 heteroatoms. The van der Waals surface area contributed by atoms with Gasteiger partial charge >= 0.3 is 0 Å². The molecule has 0 aliphatic carbocycles. The number of rotatable bonds is 7. The smallest absolute Gasteiger partial charge is 0.277 e. The summed E-state index contributed by atoms with van der Waals surface area (Å²) in [6.07, 6.45) is 0. The summed E-state index contributed by atoms with van der Waals surface area (Å²) in [6.45, 7) is 3.63. The number of hydrazone groups is 1. The molecule has 1 amide bonds. The molecular weight excluding hydrogens is 318 g/mol. The number of carbonyl (C=O) groups excluding carboxylic acids is 1. The van der Waals surface area contributed by atoms with Gasteiger partial charge in [-0.05, 0) is 61.4 Å². The highest BCUT2D eigenvalue weighted by molar-refractivity contribution is 5.99. The van der Waals surface area contributed by atoms with Gasteiger partial charge in [-0.1, -0.05) is 12.1 Å². The number of nitrogens with one attached hydrogen (secondary N) is 1. The van der Waals surface area contributed by atoms with Gasteiger partial charge in [-0.15, -0.1) is 0 Å². The summed E-state index contributed by atoms with van der Waals surface area (Å²) in [5.74, 6) is 0.910. The molecule has 2 aromatic rings. The molecule has 0 radical (unpaired) electrons. The van der Waals surface area contributed by atoms with Crippen molar-refractivity contribution in [2.75, 3.05) is 13.2 Å². The first-order valence-electron chi connectivity index (χ1n) is 7.71. The van der Waals surface area contributed by atoms with Crippen LogP contribution in [0.15, 0.2) is 53.6 Å². The van der Waals surface area contributed by atoms with Crippen molar-refractivity contribution in [1.29, 1.82) is 5.26 Å². The fraction of sp³-hybridized carbons (Fsp3) is 0.211. The number of benzene rings is 2. The molecule has 0 atom stereocenters. The van der Waals surface area contributed by atoms with Crippen LogP contribution in [-0.2, 0) is 4.79 Å². The van der Waals surface area contributed by atoms with Gasteiger partial charge in [0.25, 0.3) is 5.91 Å². The lowest BCUT2D eigenvalue weighted by Gasteiger charge is -2.07. The molecule has 0 saturated heterocycles. The second kappa shape index (κ2) is 9.08. The van der Waals surface area contributed by atoms with Crippen LogP contribution in [-0.4, -0.2) is 24.8 Å². The van der Waals surface area contributed by atoms with E-state index in [2.05, 4.69) is 10.5 Å². The molecule has 1 N–H and O–H groups in total. The molecule has 0 aliphatic rings. The van der Waals surface area contributed by atoms with Crippen molar-refractivity contribution in [3.8, 4) is 17.6 Å². The maximum Gasteiger partial charge on any atom is 0.277 e. The minimum atomic E-state index is -0.338. The Bertz CT molecular complexity index is 792. The van der Waals surface area contributed by atoms with Gasteiger partial charge in [0.2, 0.25) is 0 Å². The van der Waals surface area contributed by atoms with Crippen LogP contribution >= 0.6 is 0 Å². The van der Waals surface area contributed by atoms with E-state index < -0.39 is 0 Å². The average molecular weight is 337 g/mol. The van der Waals surface area contributed by atoms with E-state index in [1.165, 1.54) is 0 Å². The van der Waals surface area contributed by atoms with Crippen LogP contribution < -0.4 is 14.9 Å². The van der Waals surface area contributed by atoms with Gasteiger partial charge in [-0.2, -0.15) is 10.4 Å². The zero-order chi connectivity index (χ0) is 18.1. The summed E-state index contributed by atoms with van der Waals surface area (Å²) in [5.41, 5.74) is 5.01. The summed E-state index contributed by atoms with van der Waals surface area (Å²) >= 11 is 0. The maximum absolute atomic E-state index is 11.8. The number of nitrogens with zero attached hydrogens (tertiary/aromatic N) is 2. The van der Waals surface area contributed by atoms with Crippen LogP contribution in [0.25, 0.3) is 0 Å². The lowest BCUT2D eigenvalue weighted by atomic mass is 10.1. The molecule has 128 valence electrons. The largest absolute Gasteiger partial charge is 0.484 e. The Kier molecular flexibility index (Phi) is 6.55. The minimum absolute atomic E-state index is 0.00339. The lowest BCUT2D eigenvalue weighted by molar-refractivity contribution is -0.123. The van der Waals surface area contributed by atoms with Crippen molar-refractivity contribution in [1.82, 2.24) is 5.43 Å². The van der Waals surface area contributed by atoms with E-state index >= 15 is 0 Å². The molecule has 0 heterocycles. The van der Waals surface area contributed by atoms with Crippen LogP contribution in [0, 0.1) is 18.3 Å². The lowest BCUT2D eigenvalue weighted by Crippen LogP contribution is -2.25. The second-order valence-corrected chi connectivity index (χ2v) is 5.31. The minimum Gasteiger partial charge on any atom is -0.484 e. The number of hydrogen-bond acceptors (Lipinski definition) is 5. The average Bonchev–Trinajstić information content (AvgIpc) is 2.63. The van der Waals surface area contributed by atoms with Gasteiger partial charge in [0, 0.05) is 0 Å². The van der Waals surface area contributed by atoms with Crippen LogP contribution in [0.3, 0.4) is 0 Å². The maximum atomic E-state index is 11.8. The Labute approximate surface area is 146 Å². The third-order valence-corrected chi connectivity index (χ3v) is 3.28. The number of nitriles is 1. The van der Waals surface area contributed by atoms with E-state index in [4.69, 9.17) is 14.7 Å². The Hall–Kier alpha value is -3.33. The van der Waals surface area contributed by atoms with Crippen LogP contribution in [0.5, 0.6) is 11.5 Å². The summed E-state index contributed by atoms with van der Waals surface area (Å²) in [4.78, 5) is 11.8. The topological polar surface area (TPSA) is 83.7 Å². The highest BCUT2D eigenvalue weighted by atomic mass is 16.5. The van der Waals surface area contributed by atoms with E-state index in [1.54, 1.807) is 37.3 Å². The molecule has 2 rings (SSSR count). The van der Waals surface area contributed by atoms with Gasteiger partial charge in [-0.3, -0.25) is 4.79 Å². The number of carbonyl (C=O) groups is 1. The van der Waals surface area contributed by atoms with Crippen LogP contribution in [0.4, 0.5) is 0 Å². The third kappa shape index (κ3) is 5.99. The van der Waals surface area contributed by atoms with Crippen molar-refractivity contribution in [3.63, 3.8) is 0 Å². The number of ether oxygens (including phenoxy) is 2. The van der Waals surface area contributed by atoms with Crippen molar-refractivity contribution in [3.05, 3.63) is 59.7 Å². The predicted molar refractivity (Wildman–Crippen MR) is 94.6 cm³/mol. The van der Waals surface area contributed by atoms with E-state index in [9.17, 15) is 4.79 Å². The molecular formula is C19H19N3O3. The first kappa shape index (κ1) is 18.0. The molecule has 2 aromatic carbocycles. The highest BCUT2D eigenvalue weighted by Gasteiger charge is 2.04. The van der Waals surface area contributed by atoms with E-state index in [1.807, 2.05) is 31.2 Å². The van der Waals surface area contributed by atoms with E-state index in [-0.39, 0.29) is 19.1 Å². The molecule has 0 bridgehead atoms. The molecule has 0 saturated carbocycles. The molecule has 6 nitrogen and oxygen atoms in total. The molecule has 0 fully saturated rings. The van der Waals surface area contributed by atoms with Crippen molar-refractivity contribution in [2.45, 2.75) is 13.8 Å². The standard InChI is InChI=1S/C19H19N3O3/c1-14-4-3-5-18(12-14)25-13-19(23)22-21-15(2)16-6-8-17(9-7-16)24-11-10-20/h3-9,12H,11,13H2,1-2H3,(H,22,23)/b21-15-. The molecule has 0 aliphatic heterocycles. The Balaban J connectivity index is 1.85. The normalized spacial score (nSPS) is 10.7. The molecule has 0 aromatic heterocycles. The molecule has 25 heavy (non-hydrogen) atoms. The van der Waals surface area contributed by atoms with E-state index in [0.717, 1.165) is 11.1 Å². The van der Waals surface area contributed by atoms with Gasteiger partial charge in [0.05, 0.1) is 5.71 Å². The third-order valence-electron chi connectivity index (χ3n) is 3.28. The summed E-state index contributed by atoms with van der Waals surface area (Å²) in [5, 5.41) is 12.5. The zero-order valence-electron chi connectivity index (χ0n) is 14.2. The Morgan fingerprint density at radius 2 is 1.92 bits per heavy atom. The fourth-order valence-corrected chi connectivity index (χ4v) is 2.01. The summed E-state index contributed by atoms with van der Waals surface area (Å²) in [6, 6.07) is 16.5. The van der Waals surface area contributed by atoms with E-state index in [0.29, 0.717) is 17.2 Å². The van der Waals surface area contributed by atoms with Crippen LogP contribution in [0.1, 0.15) is 18.1 Å². The first-order chi connectivity index (χ1) is 12.1. The molecule has 0 spiro atoms. The van der Waals surface area contributed by atoms with Crippen molar-refractivity contribution >= 4 is 11.6 Å². The Morgan fingerprint density at radius 1 is 1.16 bits per heavy atom.